The zero-order chi connectivity index (χ0) is 21.9. The molecule has 0 unspecified atom stereocenters. The molecule has 30 heavy (non-hydrogen) atoms. The van der Waals surface area contributed by atoms with Crippen molar-refractivity contribution in [2.75, 3.05) is 19.8 Å². The Hall–Kier alpha value is -0.460. The number of unbranched alkanes of at least 4 members (excludes halogenated alkanes) is 13. The fraction of sp³-hybridized carbons (Fsp3) is 0.920. The lowest BCUT2D eigenvalue weighted by molar-refractivity contribution is -0.101. The molecule has 0 spiro atoms. The van der Waals surface area contributed by atoms with E-state index in [2.05, 4.69) is 19.1 Å². The molecule has 3 N–H and O–H groups in total. The molecule has 178 valence electrons. The first kappa shape index (κ1) is 27.6. The second-order valence-corrected chi connectivity index (χ2v) is 8.74. The van der Waals surface area contributed by atoms with Crippen LogP contribution in [0, 0.1) is 0 Å². The van der Waals surface area contributed by atoms with Gasteiger partial charge in [-0.2, -0.15) is 0 Å². The highest BCUT2D eigenvalue weighted by Gasteiger charge is 2.40. The smallest absolute Gasteiger partial charge is 0.114 e. The SMILES string of the molecule is CCCC/C=C/CCCCCCCCCCCCCO[C@@H](CO)[C@@H]1OC[C@@H](O)[C@@H]1O. The molecule has 1 heterocycles. The van der Waals surface area contributed by atoms with Gasteiger partial charge in [-0.25, -0.2) is 0 Å². The highest BCUT2D eigenvalue weighted by atomic mass is 16.6. The molecule has 0 saturated carbocycles. The monoisotopic (exact) mass is 428 g/mol. The number of rotatable bonds is 20. The molecule has 1 saturated heterocycles. The van der Waals surface area contributed by atoms with Gasteiger partial charge in [0, 0.05) is 6.61 Å². The first-order valence-electron chi connectivity index (χ1n) is 12.6. The van der Waals surface area contributed by atoms with E-state index in [1.165, 1.54) is 83.5 Å². The maximum Gasteiger partial charge on any atom is 0.114 e. The van der Waals surface area contributed by atoms with Crippen molar-refractivity contribution >= 4 is 0 Å². The van der Waals surface area contributed by atoms with Gasteiger partial charge in [-0.3, -0.25) is 0 Å². The molecule has 1 aliphatic heterocycles. The van der Waals surface area contributed by atoms with Crippen LogP contribution in [0.15, 0.2) is 12.2 Å². The Morgan fingerprint density at radius 1 is 0.833 bits per heavy atom. The van der Waals surface area contributed by atoms with Crippen molar-refractivity contribution in [1.82, 2.24) is 0 Å². The van der Waals surface area contributed by atoms with Crippen molar-refractivity contribution in [1.29, 1.82) is 0 Å². The minimum Gasteiger partial charge on any atom is -0.394 e. The van der Waals surface area contributed by atoms with Crippen molar-refractivity contribution in [3.63, 3.8) is 0 Å². The van der Waals surface area contributed by atoms with Crippen LogP contribution in [0.5, 0.6) is 0 Å². The molecule has 0 bridgehead atoms. The summed E-state index contributed by atoms with van der Waals surface area (Å²) in [6.07, 6.45) is 20.8. The molecule has 5 nitrogen and oxygen atoms in total. The predicted octanol–water partition coefficient (Wildman–Crippen LogP) is 4.91. The van der Waals surface area contributed by atoms with Crippen LogP contribution in [0.25, 0.3) is 0 Å². The van der Waals surface area contributed by atoms with Gasteiger partial charge in [0.1, 0.15) is 24.4 Å². The van der Waals surface area contributed by atoms with E-state index in [1.54, 1.807) is 0 Å². The third-order valence-corrected chi connectivity index (χ3v) is 5.97. The van der Waals surface area contributed by atoms with Gasteiger partial charge in [0.25, 0.3) is 0 Å². The minimum atomic E-state index is -0.977. The maximum atomic E-state index is 9.84. The van der Waals surface area contributed by atoms with Crippen molar-refractivity contribution in [3.8, 4) is 0 Å². The lowest BCUT2D eigenvalue weighted by Gasteiger charge is -2.24. The summed E-state index contributed by atoms with van der Waals surface area (Å²) in [4.78, 5) is 0. The molecule has 1 fully saturated rings. The number of aliphatic hydroxyl groups is 3. The Kier molecular flexibility index (Phi) is 17.7. The van der Waals surface area contributed by atoms with Crippen LogP contribution in [0.1, 0.15) is 103 Å². The summed E-state index contributed by atoms with van der Waals surface area (Å²) in [5.74, 6) is 0. The van der Waals surface area contributed by atoms with Crippen LogP contribution in [0.3, 0.4) is 0 Å². The topological polar surface area (TPSA) is 79.2 Å². The number of allylic oxidation sites excluding steroid dienone is 2. The first-order valence-corrected chi connectivity index (χ1v) is 12.6. The van der Waals surface area contributed by atoms with Crippen molar-refractivity contribution in [3.05, 3.63) is 12.2 Å². The highest BCUT2D eigenvalue weighted by Crippen LogP contribution is 2.20. The minimum absolute atomic E-state index is 0.0994. The average molecular weight is 429 g/mol. The van der Waals surface area contributed by atoms with Gasteiger partial charge in [-0.05, 0) is 25.7 Å². The molecule has 4 atom stereocenters. The largest absolute Gasteiger partial charge is 0.394 e. The van der Waals surface area contributed by atoms with Gasteiger partial charge in [-0.1, -0.05) is 89.7 Å². The summed E-state index contributed by atoms with van der Waals surface area (Å²) in [6, 6.07) is 0. The fourth-order valence-corrected chi connectivity index (χ4v) is 3.95. The van der Waals surface area contributed by atoms with Gasteiger partial charge in [0.05, 0.1) is 13.2 Å². The number of hydrogen-bond donors (Lipinski definition) is 3. The van der Waals surface area contributed by atoms with E-state index in [9.17, 15) is 15.3 Å². The van der Waals surface area contributed by atoms with Gasteiger partial charge >= 0.3 is 0 Å². The molecule has 5 heteroatoms. The molecule has 0 aromatic carbocycles. The Morgan fingerprint density at radius 2 is 1.37 bits per heavy atom. The van der Waals surface area contributed by atoms with Crippen LogP contribution in [-0.4, -0.2) is 59.6 Å². The van der Waals surface area contributed by atoms with E-state index in [4.69, 9.17) is 9.47 Å². The quantitative estimate of drug-likeness (QED) is 0.190. The molecular formula is C25H48O5. The summed E-state index contributed by atoms with van der Waals surface area (Å²) in [5, 5.41) is 28.8. The van der Waals surface area contributed by atoms with Crippen molar-refractivity contribution in [2.24, 2.45) is 0 Å². The summed E-state index contributed by atoms with van der Waals surface area (Å²) in [6.45, 7) is 2.70. The van der Waals surface area contributed by atoms with Gasteiger partial charge in [-0.15, -0.1) is 0 Å². The Balaban J connectivity index is 1.82. The first-order chi connectivity index (χ1) is 14.7. The predicted molar refractivity (Wildman–Crippen MR) is 123 cm³/mol. The summed E-state index contributed by atoms with van der Waals surface area (Å²) in [5.41, 5.74) is 0. The van der Waals surface area contributed by atoms with E-state index < -0.39 is 24.4 Å². The van der Waals surface area contributed by atoms with Crippen molar-refractivity contribution < 1.29 is 24.8 Å². The Bertz CT molecular complexity index is 401. The lowest BCUT2D eigenvalue weighted by atomic mass is 10.0. The molecule has 0 amide bonds. The summed E-state index contributed by atoms with van der Waals surface area (Å²) in [7, 11) is 0. The second kappa shape index (κ2) is 19.2. The lowest BCUT2D eigenvalue weighted by Crippen LogP contribution is -2.42. The van der Waals surface area contributed by atoms with Crippen LogP contribution >= 0.6 is 0 Å². The fourth-order valence-electron chi connectivity index (χ4n) is 3.95. The molecule has 1 rings (SSSR count). The molecular weight excluding hydrogens is 380 g/mol. The van der Waals surface area contributed by atoms with Crippen molar-refractivity contribution in [2.45, 2.75) is 128 Å². The van der Waals surface area contributed by atoms with Crippen LogP contribution in [0.4, 0.5) is 0 Å². The third kappa shape index (κ3) is 13.1. The molecule has 0 aliphatic carbocycles. The average Bonchev–Trinajstić information content (AvgIpc) is 3.08. The molecule has 0 radical (unpaired) electrons. The van der Waals surface area contributed by atoms with E-state index in [0.29, 0.717) is 6.61 Å². The van der Waals surface area contributed by atoms with Gasteiger partial charge in [0.2, 0.25) is 0 Å². The second-order valence-electron chi connectivity index (χ2n) is 8.74. The highest BCUT2D eigenvalue weighted by molar-refractivity contribution is 4.88. The molecule has 0 aromatic rings. The van der Waals surface area contributed by atoms with E-state index >= 15 is 0 Å². The van der Waals surface area contributed by atoms with Gasteiger partial charge in [0.15, 0.2) is 0 Å². The number of hydrogen-bond acceptors (Lipinski definition) is 5. The van der Waals surface area contributed by atoms with Crippen LogP contribution in [0.2, 0.25) is 0 Å². The van der Waals surface area contributed by atoms with E-state index in [1.807, 2.05) is 0 Å². The normalized spacial score (nSPS) is 22.9. The Morgan fingerprint density at radius 3 is 1.87 bits per heavy atom. The van der Waals surface area contributed by atoms with E-state index in [0.717, 1.165) is 12.8 Å². The van der Waals surface area contributed by atoms with Crippen LogP contribution in [-0.2, 0) is 9.47 Å². The van der Waals surface area contributed by atoms with Gasteiger partial charge < -0.3 is 24.8 Å². The number of aliphatic hydroxyl groups excluding tert-OH is 3. The standard InChI is InChI=1S/C25H48O5/c1-2-3-4-5-6-7-8-9-10-11-12-13-14-15-16-17-18-19-29-23(20-26)25-24(28)22(27)21-30-25/h5-6,22-28H,2-4,7-21H2,1H3/b6-5+/t22-,23+,24+,25+/m1/s1. The maximum absolute atomic E-state index is 9.84. The van der Waals surface area contributed by atoms with E-state index in [-0.39, 0.29) is 13.2 Å². The number of ether oxygens (including phenoxy) is 2. The van der Waals surface area contributed by atoms with Crippen LogP contribution < -0.4 is 0 Å². The molecule has 0 aromatic heterocycles. The Labute approximate surface area is 184 Å². The third-order valence-electron chi connectivity index (χ3n) is 5.97. The summed E-state index contributed by atoms with van der Waals surface area (Å²) < 4.78 is 11.0. The zero-order valence-corrected chi connectivity index (χ0v) is 19.4. The summed E-state index contributed by atoms with van der Waals surface area (Å²) >= 11 is 0. The zero-order valence-electron chi connectivity index (χ0n) is 19.4. The molecule has 1 aliphatic rings.